The molecule has 0 radical (unpaired) electrons. The van der Waals surface area contributed by atoms with Crippen molar-refractivity contribution in [1.29, 1.82) is 0 Å². The summed E-state index contributed by atoms with van der Waals surface area (Å²) in [6.07, 6.45) is 3.19. The van der Waals surface area contributed by atoms with Crippen LogP contribution < -0.4 is 5.32 Å². The SMILES string of the molecule is C[C@@H](C(=O)OCC(=O)NCc1ccccc1Cl)N1C(=O)[C@@H]2CCCC[C@H]2C1=O. The van der Waals surface area contributed by atoms with Crippen LogP contribution in [0.4, 0.5) is 0 Å². The first kappa shape index (κ1) is 20.3. The Bertz CT molecular complexity index is 773. The van der Waals surface area contributed by atoms with Crippen molar-refractivity contribution in [1.82, 2.24) is 10.2 Å². The van der Waals surface area contributed by atoms with Crippen molar-refractivity contribution in [3.8, 4) is 0 Å². The quantitative estimate of drug-likeness (QED) is 0.576. The second-order valence-electron chi connectivity index (χ2n) is 7.20. The molecule has 3 rings (SSSR count). The van der Waals surface area contributed by atoms with Gasteiger partial charge in [-0.25, -0.2) is 4.79 Å². The molecule has 1 aromatic rings. The van der Waals surface area contributed by atoms with E-state index in [4.69, 9.17) is 16.3 Å². The lowest BCUT2D eigenvalue weighted by Crippen LogP contribution is -2.45. The zero-order chi connectivity index (χ0) is 20.3. The standard InChI is InChI=1S/C20H23ClN2O5/c1-12(23-18(25)14-7-3-4-8-15(14)19(23)26)20(27)28-11-17(24)22-10-13-6-2-5-9-16(13)21/h2,5-6,9,12,14-15H,3-4,7-8,10-11H2,1H3,(H,22,24)/t12-,14+,15+/m0/s1. The van der Waals surface area contributed by atoms with Gasteiger partial charge in [0.05, 0.1) is 11.8 Å². The summed E-state index contributed by atoms with van der Waals surface area (Å²) < 4.78 is 5.02. The van der Waals surface area contributed by atoms with Crippen molar-refractivity contribution in [3.63, 3.8) is 0 Å². The number of amides is 3. The lowest BCUT2D eigenvalue weighted by Gasteiger charge is -2.21. The maximum atomic E-state index is 12.5. The fourth-order valence-corrected chi connectivity index (χ4v) is 4.02. The monoisotopic (exact) mass is 406 g/mol. The molecule has 1 saturated carbocycles. The number of nitrogens with zero attached hydrogens (tertiary/aromatic N) is 1. The first-order valence-electron chi connectivity index (χ1n) is 9.43. The number of fused-ring (bicyclic) bond motifs is 1. The van der Waals surface area contributed by atoms with E-state index in [0.29, 0.717) is 17.9 Å². The zero-order valence-electron chi connectivity index (χ0n) is 15.7. The maximum Gasteiger partial charge on any atom is 0.329 e. The fraction of sp³-hybridized carbons (Fsp3) is 0.500. The van der Waals surface area contributed by atoms with Crippen LogP contribution in [0.25, 0.3) is 0 Å². The molecule has 1 aromatic carbocycles. The molecule has 8 heteroatoms. The van der Waals surface area contributed by atoms with Crippen molar-refractivity contribution in [2.24, 2.45) is 11.8 Å². The third-order valence-corrected chi connectivity index (χ3v) is 5.75. The van der Waals surface area contributed by atoms with Crippen molar-refractivity contribution in [2.45, 2.75) is 45.2 Å². The van der Waals surface area contributed by atoms with Gasteiger partial charge in [0.2, 0.25) is 11.8 Å². The number of esters is 1. The van der Waals surface area contributed by atoms with Gasteiger partial charge in [-0.1, -0.05) is 42.6 Å². The average molecular weight is 407 g/mol. The van der Waals surface area contributed by atoms with Crippen molar-refractivity contribution in [3.05, 3.63) is 34.9 Å². The number of imide groups is 1. The van der Waals surface area contributed by atoms with Crippen LogP contribution >= 0.6 is 11.6 Å². The van der Waals surface area contributed by atoms with E-state index in [1.807, 2.05) is 0 Å². The highest BCUT2D eigenvalue weighted by atomic mass is 35.5. The molecule has 3 atom stereocenters. The van der Waals surface area contributed by atoms with Gasteiger partial charge < -0.3 is 10.1 Å². The highest BCUT2D eigenvalue weighted by molar-refractivity contribution is 6.31. The Morgan fingerprint density at radius 1 is 1.18 bits per heavy atom. The van der Waals surface area contributed by atoms with Crippen LogP contribution in [0.5, 0.6) is 0 Å². The highest BCUT2D eigenvalue weighted by Gasteiger charge is 2.51. The molecular formula is C20H23ClN2O5. The van der Waals surface area contributed by atoms with E-state index in [-0.39, 0.29) is 30.2 Å². The molecule has 0 aromatic heterocycles. The van der Waals surface area contributed by atoms with Gasteiger partial charge in [-0.05, 0) is 31.4 Å². The lowest BCUT2D eigenvalue weighted by atomic mass is 9.81. The highest BCUT2D eigenvalue weighted by Crippen LogP contribution is 2.38. The summed E-state index contributed by atoms with van der Waals surface area (Å²) in [6.45, 7) is 1.17. The molecule has 1 saturated heterocycles. The van der Waals surface area contributed by atoms with Gasteiger partial charge in [0, 0.05) is 11.6 Å². The number of hydrogen-bond donors (Lipinski definition) is 1. The Morgan fingerprint density at radius 2 is 1.79 bits per heavy atom. The van der Waals surface area contributed by atoms with Crippen LogP contribution in [0, 0.1) is 11.8 Å². The minimum absolute atomic E-state index is 0.206. The smallest absolute Gasteiger partial charge is 0.329 e. The predicted molar refractivity (Wildman–Crippen MR) is 101 cm³/mol. The average Bonchev–Trinajstić information content (AvgIpc) is 2.95. The molecule has 0 bridgehead atoms. The van der Waals surface area contributed by atoms with Crippen molar-refractivity contribution < 1.29 is 23.9 Å². The first-order valence-corrected chi connectivity index (χ1v) is 9.81. The summed E-state index contributed by atoms with van der Waals surface area (Å²) in [6, 6.07) is 6.04. The van der Waals surface area contributed by atoms with Gasteiger partial charge in [-0.2, -0.15) is 0 Å². The topological polar surface area (TPSA) is 92.8 Å². The van der Waals surface area contributed by atoms with Gasteiger partial charge in [0.15, 0.2) is 6.61 Å². The van der Waals surface area contributed by atoms with E-state index in [0.717, 1.165) is 23.3 Å². The minimum Gasteiger partial charge on any atom is -0.454 e. The van der Waals surface area contributed by atoms with E-state index in [9.17, 15) is 19.2 Å². The normalized spacial score (nSPS) is 22.6. The molecule has 1 heterocycles. The van der Waals surface area contributed by atoms with Gasteiger partial charge in [-0.3, -0.25) is 19.3 Å². The number of halogens is 1. The molecule has 1 N–H and O–H groups in total. The Labute approximate surface area is 168 Å². The number of carbonyl (C=O) groups excluding carboxylic acids is 4. The van der Waals surface area contributed by atoms with E-state index < -0.39 is 24.5 Å². The van der Waals surface area contributed by atoms with Gasteiger partial charge >= 0.3 is 5.97 Å². The zero-order valence-corrected chi connectivity index (χ0v) is 16.4. The molecule has 2 fully saturated rings. The molecule has 0 unspecified atom stereocenters. The second-order valence-corrected chi connectivity index (χ2v) is 7.60. The molecule has 28 heavy (non-hydrogen) atoms. The maximum absolute atomic E-state index is 12.5. The molecule has 150 valence electrons. The summed E-state index contributed by atoms with van der Waals surface area (Å²) in [5, 5.41) is 3.14. The Morgan fingerprint density at radius 3 is 2.39 bits per heavy atom. The van der Waals surface area contributed by atoms with E-state index in [1.165, 1.54) is 6.92 Å². The Hall–Kier alpha value is -2.41. The Kier molecular flexibility index (Phi) is 6.34. The lowest BCUT2D eigenvalue weighted by molar-refractivity contribution is -0.159. The van der Waals surface area contributed by atoms with Crippen LogP contribution in [0.1, 0.15) is 38.2 Å². The largest absolute Gasteiger partial charge is 0.454 e. The summed E-state index contributed by atoms with van der Waals surface area (Å²) in [4.78, 5) is 50.3. The fourth-order valence-electron chi connectivity index (χ4n) is 3.82. The van der Waals surface area contributed by atoms with E-state index >= 15 is 0 Å². The first-order chi connectivity index (χ1) is 13.4. The third kappa shape index (κ3) is 4.19. The minimum atomic E-state index is -1.04. The molecule has 3 amide bonds. The molecule has 2 aliphatic rings. The number of likely N-dealkylation sites (tertiary alicyclic amines) is 1. The number of rotatable bonds is 6. The number of hydrogen-bond acceptors (Lipinski definition) is 5. The van der Waals surface area contributed by atoms with Gasteiger partial charge in [0.1, 0.15) is 6.04 Å². The molecule has 1 aliphatic carbocycles. The van der Waals surface area contributed by atoms with Crippen LogP contribution in [0.3, 0.4) is 0 Å². The van der Waals surface area contributed by atoms with Crippen molar-refractivity contribution >= 4 is 35.3 Å². The van der Waals surface area contributed by atoms with Crippen molar-refractivity contribution in [2.75, 3.05) is 6.61 Å². The van der Waals surface area contributed by atoms with Crippen LogP contribution in [0.15, 0.2) is 24.3 Å². The third-order valence-electron chi connectivity index (χ3n) is 5.38. The summed E-state index contributed by atoms with van der Waals surface area (Å²) in [7, 11) is 0. The van der Waals surface area contributed by atoms with Crippen LogP contribution in [0.2, 0.25) is 5.02 Å². The van der Waals surface area contributed by atoms with Gasteiger partial charge in [0.25, 0.3) is 5.91 Å². The number of carbonyl (C=O) groups is 4. The predicted octanol–water partition coefficient (Wildman–Crippen LogP) is 2.06. The second kappa shape index (κ2) is 8.73. The van der Waals surface area contributed by atoms with E-state index in [2.05, 4.69) is 5.32 Å². The number of nitrogens with one attached hydrogen (secondary N) is 1. The molecule has 7 nitrogen and oxygen atoms in total. The van der Waals surface area contributed by atoms with Gasteiger partial charge in [-0.15, -0.1) is 0 Å². The summed E-state index contributed by atoms with van der Waals surface area (Å²) >= 11 is 6.02. The molecular weight excluding hydrogens is 384 g/mol. The Balaban J connectivity index is 1.50. The summed E-state index contributed by atoms with van der Waals surface area (Å²) in [5.74, 6) is -2.52. The van der Waals surface area contributed by atoms with Crippen LogP contribution in [-0.2, 0) is 30.5 Å². The van der Waals surface area contributed by atoms with Crippen LogP contribution in [-0.4, -0.2) is 41.2 Å². The van der Waals surface area contributed by atoms with E-state index in [1.54, 1.807) is 24.3 Å². The number of benzene rings is 1. The number of ether oxygens (including phenoxy) is 1. The molecule has 1 aliphatic heterocycles. The summed E-state index contributed by atoms with van der Waals surface area (Å²) in [5.41, 5.74) is 0.744. The molecule has 0 spiro atoms.